The van der Waals surface area contributed by atoms with Crippen molar-refractivity contribution in [1.29, 1.82) is 0 Å². The third-order valence-electron chi connectivity index (χ3n) is 3.06. The number of rotatable bonds is 11. The molecule has 21 heavy (non-hydrogen) atoms. The largest absolute Gasteiger partial charge is 0.493 e. The van der Waals surface area contributed by atoms with Gasteiger partial charge >= 0.3 is 0 Å². The second-order valence-corrected chi connectivity index (χ2v) is 5.06. The van der Waals surface area contributed by atoms with Crippen LogP contribution in [0.1, 0.15) is 12.0 Å². The van der Waals surface area contributed by atoms with Crippen molar-refractivity contribution in [2.24, 2.45) is 5.73 Å². The minimum absolute atomic E-state index is 0.148. The fourth-order valence-electron chi connectivity index (χ4n) is 1.96. The lowest BCUT2D eigenvalue weighted by atomic mass is 10.2. The van der Waals surface area contributed by atoms with Crippen molar-refractivity contribution < 1.29 is 14.6 Å². The maximum Gasteiger partial charge on any atom is 0.129 e. The summed E-state index contributed by atoms with van der Waals surface area (Å²) >= 11 is 5.00. The SMILES string of the molecule is COCCN(CCO)CCCOc1ccccc1C(N)=S. The fraction of sp³-hybridized carbons (Fsp3) is 0.533. The molecule has 0 aliphatic rings. The van der Waals surface area contributed by atoms with E-state index < -0.39 is 0 Å². The first-order chi connectivity index (χ1) is 10.2. The van der Waals surface area contributed by atoms with Gasteiger partial charge in [0.05, 0.1) is 25.4 Å². The number of hydrogen-bond donors (Lipinski definition) is 2. The van der Waals surface area contributed by atoms with Crippen molar-refractivity contribution in [3.8, 4) is 5.75 Å². The lowest BCUT2D eigenvalue weighted by molar-refractivity contribution is 0.126. The summed E-state index contributed by atoms with van der Waals surface area (Å²) in [7, 11) is 1.67. The van der Waals surface area contributed by atoms with Crippen LogP contribution in [0.25, 0.3) is 0 Å². The van der Waals surface area contributed by atoms with E-state index in [4.69, 9.17) is 32.5 Å². The minimum Gasteiger partial charge on any atom is -0.493 e. The van der Waals surface area contributed by atoms with Gasteiger partial charge in [-0.3, -0.25) is 4.90 Å². The Morgan fingerprint density at radius 3 is 2.67 bits per heavy atom. The topological polar surface area (TPSA) is 68.0 Å². The van der Waals surface area contributed by atoms with Crippen molar-refractivity contribution >= 4 is 17.2 Å². The number of aliphatic hydroxyl groups excluding tert-OH is 1. The molecule has 1 aromatic rings. The van der Waals surface area contributed by atoms with E-state index in [9.17, 15) is 0 Å². The highest BCUT2D eigenvalue weighted by atomic mass is 32.1. The molecule has 0 saturated carbocycles. The number of para-hydroxylation sites is 1. The summed E-state index contributed by atoms with van der Waals surface area (Å²) in [6, 6.07) is 7.50. The van der Waals surface area contributed by atoms with Crippen LogP contribution in [0.3, 0.4) is 0 Å². The molecule has 1 aromatic carbocycles. The molecular formula is C15H24N2O3S. The average molecular weight is 312 g/mol. The van der Waals surface area contributed by atoms with Gasteiger partial charge in [-0.05, 0) is 18.6 Å². The molecule has 0 fully saturated rings. The third kappa shape index (κ3) is 6.86. The van der Waals surface area contributed by atoms with Gasteiger partial charge in [0, 0.05) is 26.7 Å². The summed E-state index contributed by atoms with van der Waals surface area (Å²) in [5, 5.41) is 9.03. The summed E-state index contributed by atoms with van der Waals surface area (Å²) in [5.74, 6) is 0.718. The summed E-state index contributed by atoms with van der Waals surface area (Å²) in [4.78, 5) is 2.49. The Balaban J connectivity index is 2.37. The van der Waals surface area contributed by atoms with Gasteiger partial charge in [0.2, 0.25) is 0 Å². The number of benzene rings is 1. The zero-order valence-corrected chi connectivity index (χ0v) is 13.3. The fourth-order valence-corrected chi connectivity index (χ4v) is 2.13. The molecule has 6 heteroatoms. The van der Waals surface area contributed by atoms with Gasteiger partial charge in [0.25, 0.3) is 0 Å². The van der Waals surface area contributed by atoms with Crippen molar-refractivity contribution in [2.45, 2.75) is 6.42 Å². The average Bonchev–Trinajstić information content (AvgIpc) is 2.49. The molecule has 0 bridgehead atoms. The first-order valence-electron chi connectivity index (χ1n) is 7.02. The molecule has 1 rings (SSSR count). The Labute approximate surface area is 131 Å². The minimum atomic E-state index is 0.148. The molecule has 0 heterocycles. The quantitative estimate of drug-likeness (QED) is 0.470. The molecule has 0 aliphatic heterocycles. The van der Waals surface area contributed by atoms with E-state index in [-0.39, 0.29) is 6.61 Å². The lowest BCUT2D eigenvalue weighted by Gasteiger charge is -2.20. The van der Waals surface area contributed by atoms with Crippen LogP contribution in [0.2, 0.25) is 0 Å². The van der Waals surface area contributed by atoms with Gasteiger partial charge < -0.3 is 20.3 Å². The predicted octanol–water partition coefficient (Wildman–Crippen LogP) is 1.03. The third-order valence-corrected chi connectivity index (χ3v) is 3.28. The molecule has 3 N–H and O–H groups in total. The number of thiocarbonyl (C=S) groups is 1. The van der Waals surface area contributed by atoms with E-state index in [2.05, 4.69) is 4.90 Å². The lowest BCUT2D eigenvalue weighted by Crippen LogP contribution is -2.32. The Bertz CT molecular complexity index is 429. The molecule has 0 aromatic heterocycles. The summed E-state index contributed by atoms with van der Waals surface area (Å²) in [5.41, 5.74) is 6.43. The van der Waals surface area contributed by atoms with Gasteiger partial charge in [0.15, 0.2) is 0 Å². The van der Waals surface area contributed by atoms with Crippen molar-refractivity contribution in [3.63, 3.8) is 0 Å². The van der Waals surface area contributed by atoms with Crippen LogP contribution in [-0.2, 0) is 4.74 Å². The van der Waals surface area contributed by atoms with Gasteiger partial charge in [0.1, 0.15) is 10.7 Å². The highest BCUT2D eigenvalue weighted by Gasteiger charge is 2.07. The number of ether oxygens (including phenoxy) is 2. The van der Waals surface area contributed by atoms with Crippen LogP contribution >= 0.6 is 12.2 Å². The van der Waals surface area contributed by atoms with E-state index in [1.165, 1.54) is 0 Å². The molecule has 0 aliphatic carbocycles. The number of hydrogen-bond acceptors (Lipinski definition) is 5. The maximum absolute atomic E-state index is 9.03. The Kier molecular flexibility index (Phi) is 8.93. The van der Waals surface area contributed by atoms with Crippen LogP contribution in [0.15, 0.2) is 24.3 Å². The van der Waals surface area contributed by atoms with Crippen LogP contribution in [-0.4, -0.2) is 61.6 Å². The van der Waals surface area contributed by atoms with E-state index in [0.29, 0.717) is 24.7 Å². The van der Waals surface area contributed by atoms with Gasteiger partial charge in [-0.15, -0.1) is 0 Å². The van der Waals surface area contributed by atoms with Crippen LogP contribution < -0.4 is 10.5 Å². The second kappa shape index (κ2) is 10.5. The zero-order valence-electron chi connectivity index (χ0n) is 12.5. The molecule has 0 radical (unpaired) electrons. The van der Waals surface area contributed by atoms with Crippen LogP contribution in [0.5, 0.6) is 5.75 Å². The monoisotopic (exact) mass is 312 g/mol. The smallest absolute Gasteiger partial charge is 0.129 e. The molecule has 0 amide bonds. The number of nitrogens with zero attached hydrogens (tertiary/aromatic N) is 1. The molecule has 118 valence electrons. The van der Waals surface area contributed by atoms with Gasteiger partial charge in [-0.25, -0.2) is 0 Å². The molecular weight excluding hydrogens is 288 g/mol. The molecule has 0 saturated heterocycles. The Morgan fingerprint density at radius 2 is 2.00 bits per heavy atom. The van der Waals surface area contributed by atoms with Crippen LogP contribution in [0.4, 0.5) is 0 Å². The van der Waals surface area contributed by atoms with E-state index in [1.54, 1.807) is 7.11 Å². The Morgan fingerprint density at radius 1 is 1.24 bits per heavy atom. The highest BCUT2D eigenvalue weighted by molar-refractivity contribution is 7.80. The van der Waals surface area contributed by atoms with E-state index in [0.717, 1.165) is 30.8 Å². The molecule has 0 spiro atoms. The Hall–Kier alpha value is -1.21. The summed E-state index contributed by atoms with van der Waals surface area (Å²) in [6.07, 6.45) is 0.857. The van der Waals surface area contributed by atoms with E-state index >= 15 is 0 Å². The predicted molar refractivity (Wildman–Crippen MR) is 87.8 cm³/mol. The first-order valence-corrected chi connectivity index (χ1v) is 7.43. The molecule has 0 atom stereocenters. The van der Waals surface area contributed by atoms with Gasteiger partial charge in [-0.1, -0.05) is 24.4 Å². The highest BCUT2D eigenvalue weighted by Crippen LogP contribution is 2.17. The van der Waals surface area contributed by atoms with Crippen LogP contribution in [0, 0.1) is 0 Å². The standard InChI is InChI=1S/C15H24N2O3S/c1-19-12-9-17(8-10-18)7-4-11-20-14-6-3-2-5-13(14)15(16)21/h2-3,5-6,18H,4,7-12H2,1H3,(H2,16,21). The zero-order chi connectivity index (χ0) is 15.5. The van der Waals surface area contributed by atoms with E-state index in [1.807, 2.05) is 24.3 Å². The first kappa shape index (κ1) is 17.8. The summed E-state index contributed by atoms with van der Waals surface area (Å²) in [6.45, 7) is 3.68. The summed E-state index contributed by atoms with van der Waals surface area (Å²) < 4.78 is 10.8. The molecule has 5 nitrogen and oxygen atoms in total. The number of methoxy groups -OCH3 is 1. The molecule has 0 unspecified atom stereocenters. The van der Waals surface area contributed by atoms with Gasteiger partial charge in [-0.2, -0.15) is 0 Å². The van der Waals surface area contributed by atoms with Crippen molar-refractivity contribution in [2.75, 3.05) is 46.6 Å². The maximum atomic E-state index is 9.03. The number of aliphatic hydroxyl groups is 1. The second-order valence-electron chi connectivity index (χ2n) is 4.62. The normalized spacial score (nSPS) is 10.8. The van der Waals surface area contributed by atoms with Crippen molar-refractivity contribution in [3.05, 3.63) is 29.8 Å². The van der Waals surface area contributed by atoms with Crippen molar-refractivity contribution in [1.82, 2.24) is 4.90 Å². The number of nitrogens with two attached hydrogens (primary N) is 1.